The van der Waals surface area contributed by atoms with Crippen LogP contribution in [0, 0.1) is 6.92 Å². The van der Waals surface area contributed by atoms with Crippen molar-refractivity contribution < 1.29 is 0 Å². The number of nitrogens with one attached hydrogen (secondary N) is 1. The van der Waals surface area contributed by atoms with E-state index in [9.17, 15) is 0 Å². The van der Waals surface area contributed by atoms with E-state index >= 15 is 0 Å². The number of halogens is 2. The monoisotopic (exact) mass is 323 g/mol. The van der Waals surface area contributed by atoms with Crippen LogP contribution in [0.2, 0.25) is 10.0 Å². The summed E-state index contributed by atoms with van der Waals surface area (Å²) in [7, 11) is 0. The minimum atomic E-state index is 0.267. The maximum atomic E-state index is 6.31. The van der Waals surface area contributed by atoms with Crippen LogP contribution in [-0.2, 0) is 0 Å². The number of hydrogen-bond donors (Lipinski definition) is 1. The van der Waals surface area contributed by atoms with Gasteiger partial charge >= 0.3 is 0 Å². The van der Waals surface area contributed by atoms with Crippen LogP contribution in [-0.4, -0.2) is 5.75 Å². The maximum absolute atomic E-state index is 6.31. The van der Waals surface area contributed by atoms with Crippen molar-refractivity contribution in [2.45, 2.75) is 24.3 Å². The van der Waals surface area contributed by atoms with Crippen LogP contribution in [0.15, 0.2) is 41.3 Å². The van der Waals surface area contributed by atoms with Gasteiger partial charge in [0.05, 0.1) is 16.8 Å². The van der Waals surface area contributed by atoms with Gasteiger partial charge in [0.25, 0.3) is 0 Å². The predicted octanol–water partition coefficient (Wildman–Crippen LogP) is 5.95. The first-order valence-electron chi connectivity index (χ1n) is 6.59. The Morgan fingerprint density at radius 3 is 2.85 bits per heavy atom. The molecule has 104 valence electrons. The fourth-order valence-electron chi connectivity index (χ4n) is 2.50. The Balaban J connectivity index is 1.95. The summed E-state index contributed by atoms with van der Waals surface area (Å²) in [5.41, 5.74) is 3.46. The fraction of sp³-hybridized carbons (Fsp3) is 0.250. The number of aryl methyl sites for hydroxylation is 1. The topological polar surface area (TPSA) is 12.0 Å². The van der Waals surface area contributed by atoms with Gasteiger partial charge in [0, 0.05) is 15.7 Å². The number of fused-ring (bicyclic) bond motifs is 1. The molecule has 0 saturated heterocycles. The smallest absolute Gasteiger partial charge is 0.0640 e. The lowest BCUT2D eigenvalue weighted by Gasteiger charge is -2.28. The Bertz CT molecular complexity index is 622. The van der Waals surface area contributed by atoms with E-state index in [1.54, 1.807) is 0 Å². The normalized spacial score (nSPS) is 17.6. The van der Waals surface area contributed by atoms with E-state index in [0.717, 1.165) is 27.9 Å². The standard InChI is InChI=1S/C16H15Cl2NS/c1-10-3-2-4-13(18)16(10)19-14-7-8-20-15-6-5-11(17)9-12(14)15/h2-6,9,14,19H,7-8H2,1H3. The third-order valence-electron chi connectivity index (χ3n) is 3.55. The Morgan fingerprint density at radius 1 is 1.20 bits per heavy atom. The van der Waals surface area contributed by atoms with E-state index in [2.05, 4.69) is 30.4 Å². The molecule has 0 saturated carbocycles. The molecular weight excluding hydrogens is 309 g/mol. The molecule has 1 nitrogen and oxygen atoms in total. The number of para-hydroxylation sites is 1. The first-order chi connectivity index (χ1) is 9.65. The van der Waals surface area contributed by atoms with E-state index in [-0.39, 0.29) is 6.04 Å². The van der Waals surface area contributed by atoms with Gasteiger partial charge in [-0.3, -0.25) is 0 Å². The van der Waals surface area contributed by atoms with Crippen LogP contribution in [0.25, 0.3) is 0 Å². The number of hydrogen-bond acceptors (Lipinski definition) is 2. The number of anilines is 1. The van der Waals surface area contributed by atoms with Crippen molar-refractivity contribution >= 4 is 40.7 Å². The molecule has 1 atom stereocenters. The van der Waals surface area contributed by atoms with E-state index < -0.39 is 0 Å². The van der Waals surface area contributed by atoms with E-state index in [4.69, 9.17) is 23.2 Å². The lowest BCUT2D eigenvalue weighted by Crippen LogP contribution is -2.16. The molecule has 4 heteroatoms. The van der Waals surface area contributed by atoms with Crippen molar-refractivity contribution in [3.63, 3.8) is 0 Å². The Kier molecular flexibility index (Phi) is 4.16. The molecule has 1 aliphatic rings. The van der Waals surface area contributed by atoms with E-state index in [1.165, 1.54) is 16.0 Å². The molecule has 0 amide bonds. The van der Waals surface area contributed by atoms with Crippen LogP contribution >= 0.6 is 35.0 Å². The zero-order chi connectivity index (χ0) is 14.1. The van der Waals surface area contributed by atoms with Gasteiger partial charge in [-0.1, -0.05) is 35.3 Å². The van der Waals surface area contributed by atoms with E-state index in [0.29, 0.717) is 0 Å². The summed E-state index contributed by atoms with van der Waals surface area (Å²) < 4.78 is 0. The first kappa shape index (κ1) is 14.1. The van der Waals surface area contributed by atoms with Gasteiger partial charge < -0.3 is 5.32 Å². The lowest BCUT2D eigenvalue weighted by atomic mass is 10.0. The second kappa shape index (κ2) is 5.88. The molecule has 0 fully saturated rings. The minimum Gasteiger partial charge on any atom is -0.377 e. The minimum absolute atomic E-state index is 0.267. The summed E-state index contributed by atoms with van der Waals surface area (Å²) in [4.78, 5) is 1.31. The molecular formula is C16H15Cl2NS. The second-order valence-electron chi connectivity index (χ2n) is 4.95. The van der Waals surface area contributed by atoms with Crippen LogP contribution < -0.4 is 5.32 Å². The highest BCUT2D eigenvalue weighted by molar-refractivity contribution is 7.99. The third kappa shape index (κ3) is 2.78. The van der Waals surface area contributed by atoms with Crippen LogP contribution in [0.4, 0.5) is 5.69 Å². The highest BCUT2D eigenvalue weighted by Crippen LogP contribution is 2.40. The average Bonchev–Trinajstić information content (AvgIpc) is 2.43. The van der Waals surface area contributed by atoms with Crippen molar-refractivity contribution in [2.24, 2.45) is 0 Å². The first-order valence-corrected chi connectivity index (χ1v) is 8.33. The molecule has 2 aromatic rings. The van der Waals surface area contributed by atoms with Crippen LogP contribution in [0.3, 0.4) is 0 Å². The molecule has 3 rings (SSSR count). The van der Waals surface area contributed by atoms with Gasteiger partial charge in [0.2, 0.25) is 0 Å². The van der Waals surface area contributed by atoms with Crippen molar-refractivity contribution in [1.82, 2.24) is 0 Å². The molecule has 0 aromatic heterocycles. The zero-order valence-corrected chi connectivity index (χ0v) is 13.4. The van der Waals surface area contributed by atoms with Crippen molar-refractivity contribution in [1.29, 1.82) is 0 Å². The summed E-state index contributed by atoms with van der Waals surface area (Å²) in [5, 5.41) is 5.15. The van der Waals surface area contributed by atoms with Crippen molar-refractivity contribution in [3.8, 4) is 0 Å². The largest absolute Gasteiger partial charge is 0.377 e. The maximum Gasteiger partial charge on any atom is 0.0640 e. The average molecular weight is 324 g/mol. The summed E-state index contributed by atoms with van der Waals surface area (Å²) in [6.07, 6.45) is 1.07. The van der Waals surface area contributed by atoms with Gasteiger partial charge in [0.1, 0.15) is 0 Å². The molecule has 0 aliphatic carbocycles. The van der Waals surface area contributed by atoms with Gasteiger partial charge in [-0.05, 0) is 48.7 Å². The number of benzene rings is 2. The summed E-state index contributed by atoms with van der Waals surface area (Å²) >= 11 is 14.3. The zero-order valence-electron chi connectivity index (χ0n) is 11.1. The Morgan fingerprint density at radius 2 is 2.05 bits per heavy atom. The molecule has 1 heterocycles. The molecule has 1 unspecified atom stereocenters. The van der Waals surface area contributed by atoms with E-state index in [1.807, 2.05) is 30.0 Å². The quantitative estimate of drug-likeness (QED) is 0.732. The molecule has 0 radical (unpaired) electrons. The predicted molar refractivity (Wildman–Crippen MR) is 89.3 cm³/mol. The fourth-order valence-corrected chi connectivity index (χ4v) is 4.07. The summed E-state index contributed by atoms with van der Waals surface area (Å²) in [5.74, 6) is 1.11. The summed E-state index contributed by atoms with van der Waals surface area (Å²) in [6, 6.07) is 12.4. The van der Waals surface area contributed by atoms with Gasteiger partial charge in [-0.25, -0.2) is 0 Å². The Labute approximate surface area is 133 Å². The molecule has 20 heavy (non-hydrogen) atoms. The molecule has 0 bridgehead atoms. The van der Waals surface area contributed by atoms with Gasteiger partial charge in [-0.15, -0.1) is 11.8 Å². The highest BCUT2D eigenvalue weighted by atomic mass is 35.5. The van der Waals surface area contributed by atoms with Crippen molar-refractivity contribution in [2.75, 3.05) is 11.1 Å². The summed E-state index contributed by atoms with van der Waals surface area (Å²) in [6.45, 7) is 2.07. The highest BCUT2D eigenvalue weighted by Gasteiger charge is 2.22. The molecule has 2 aromatic carbocycles. The van der Waals surface area contributed by atoms with Crippen LogP contribution in [0.5, 0.6) is 0 Å². The van der Waals surface area contributed by atoms with Gasteiger partial charge in [-0.2, -0.15) is 0 Å². The lowest BCUT2D eigenvalue weighted by molar-refractivity contribution is 0.728. The third-order valence-corrected chi connectivity index (χ3v) is 5.22. The second-order valence-corrected chi connectivity index (χ2v) is 6.93. The SMILES string of the molecule is Cc1cccc(Cl)c1NC1CCSc2ccc(Cl)cc21. The van der Waals surface area contributed by atoms with Crippen LogP contribution in [0.1, 0.15) is 23.6 Å². The molecule has 0 spiro atoms. The van der Waals surface area contributed by atoms with Crippen molar-refractivity contribution in [3.05, 3.63) is 57.6 Å². The molecule has 1 N–H and O–H groups in total. The Hall–Kier alpha value is -0.830. The number of rotatable bonds is 2. The van der Waals surface area contributed by atoms with Gasteiger partial charge in [0.15, 0.2) is 0 Å². The number of thioether (sulfide) groups is 1. The molecule has 1 aliphatic heterocycles.